The van der Waals surface area contributed by atoms with E-state index in [1.54, 1.807) is 7.11 Å². The molecular weight excluding hydrogens is 314 g/mol. The number of ether oxygens (including phenoxy) is 1. The number of hydrogen-bond donors (Lipinski definition) is 0. The molecule has 0 fully saturated rings. The normalized spacial score (nSPS) is 14.1. The fourth-order valence-corrected chi connectivity index (χ4v) is 5.75. The summed E-state index contributed by atoms with van der Waals surface area (Å²) in [6.45, 7) is 0. The minimum atomic E-state index is -1.87. The van der Waals surface area contributed by atoms with Gasteiger partial charge in [-0.05, 0) is 0 Å². The molecule has 0 aliphatic rings. The third kappa shape index (κ3) is 2.69. The van der Waals surface area contributed by atoms with Crippen LogP contribution in [-0.4, -0.2) is 22.7 Å². The predicted octanol–water partition coefficient (Wildman–Crippen LogP) is 2.21. The van der Waals surface area contributed by atoms with Crippen molar-refractivity contribution in [3.05, 3.63) is 54.6 Å². The van der Waals surface area contributed by atoms with Crippen LogP contribution in [0.5, 0.6) is 5.75 Å². The van der Waals surface area contributed by atoms with E-state index in [1.165, 1.54) is 5.30 Å². The van der Waals surface area contributed by atoms with Crippen molar-refractivity contribution in [3.8, 4) is 5.75 Å². The number of para-hydroxylation sites is 1. The van der Waals surface area contributed by atoms with Gasteiger partial charge in [0.2, 0.25) is 0 Å². The molecule has 88 valence electrons. The van der Waals surface area contributed by atoms with Gasteiger partial charge in [-0.15, -0.1) is 0 Å². The van der Waals surface area contributed by atoms with Gasteiger partial charge in [-0.2, -0.15) is 0 Å². The van der Waals surface area contributed by atoms with Gasteiger partial charge in [0.05, 0.1) is 0 Å². The van der Waals surface area contributed by atoms with E-state index in [4.69, 9.17) is 17.0 Å². The van der Waals surface area contributed by atoms with Crippen LogP contribution in [-0.2, 0) is 12.2 Å². The average Bonchev–Trinajstić information content (AvgIpc) is 2.39. The second kappa shape index (κ2) is 5.46. The molecule has 0 aliphatic heterocycles. The zero-order chi connectivity index (χ0) is 12.3. The molecule has 0 spiro atoms. The first kappa shape index (κ1) is 13.0. The Kier molecular flexibility index (Phi) is 4.17. The second-order valence-electron chi connectivity index (χ2n) is 3.56. The van der Waals surface area contributed by atoms with Crippen molar-refractivity contribution in [2.24, 2.45) is 0 Å². The molecule has 1 unspecified atom stereocenters. The van der Waals surface area contributed by atoms with E-state index in [-0.39, 0.29) is 0 Å². The van der Waals surface area contributed by atoms with Crippen molar-refractivity contribution < 1.29 is 4.74 Å². The quantitative estimate of drug-likeness (QED) is 0.486. The van der Waals surface area contributed by atoms with Crippen LogP contribution in [0.25, 0.3) is 0 Å². The van der Waals surface area contributed by atoms with E-state index in [1.807, 2.05) is 42.5 Å². The van der Waals surface area contributed by atoms with Crippen LogP contribution in [0.4, 0.5) is 0 Å². The molecule has 4 heteroatoms. The van der Waals surface area contributed by atoms with Crippen LogP contribution >= 0.6 is 5.15 Å². The van der Waals surface area contributed by atoms with Crippen LogP contribution < -0.4 is 15.3 Å². The van der Waals surface area contributed by atoms with Gasteiger partial charge in [0.15, 0.2) is 0 Å². The fraction of sp³-hybridized carbons (Fsp3) is 0.0769. The van der Waals surface area contributed by atoms with E-state index in [0.717, 1.165) is 11.1 Å². The summed E-state index contributed by atoms with van der Waals surface area (Å²) in [6.07, 6.45) is 0. The van der Waals surface area contributed by atoms with E-state index < -0.39 is 5.15 Å². The molecule has 0 N–H and O–H groups in total. The van der Waals surface area contributed by atoms with E-state index in [2.05, 4.69) is 27.7 Å². The molecule has 2 aromatic rings. The summed E-state index contributed by atoms with van der Waals surface area (Å²) in [5.74, 6) is 0.860. The Hall–Kier alpha value is -0.461. The minimum absolute atomic E-state index is 0.860. The summed E-state index contributed by atoms with van der Waals surface area (Å²) in [4.78, 5) is 0. The maximum atomic E-state index is 5.81. The summed E-state index contributed by atoms with van der Waals surface area (Å²) in [5, 5.41) is 0.385. The topological polar surface area (TPSA) is 9.23 Å². The van der Waals surface area contributed by atoms with Crippen molar-refractivity contribution in [1.29, 1.82) is 0 Å². The summed E-state index contributed by atoms with van der Waals surface area (Å²) < 4.78 is 5.39. The predicted molar refractivity (Wildman–Crippen MR) is 78.7 cm³/mol. The van der Waals surface area contributed by atoms with Crippen LogP contribution in [0, 0.1) is 0 Å². The van der Waals surface area contributed by atoms with Crippen LogP contribution in [0.3, 0.4) is 0 Å². The number of hydrogen-bond acceptors (Lipinski definition) is 2. The Labute approximate surface area is 115 Å². The monoisotopic (exact) mass is 327 g/mol. The van der Waals surface area contributed by atoms with E-state index in [0.29, 0.717) is 0 Å². The molecule has 0 heterocycles. The molecule has 0 bridgehead atoms. The molecule has 0 aliphatic carbocycles. The molecule has 2 rings (SSSR count). The molecule has 1 atom stereocenters. The summed E-state index contributed by atoms with van der Waals surface area (Å²) in [6, 6.07) is 18.1. The summed E-state index contributed by atoms with van der Waals surface area (Å²) >= 11 is 9.01. The van der Waals surface area contributed by atoms with Gasteiger partial charge in [-0.25, -0.2) is 0 Å². The second-order valence-corrected chi connectivity index (χ2v) is 12.3. The van der Waals surface area contributed by atoms with Crippen LogP contribution in [0.15, 0.2) is 54.6 Å². The van der Waals surface area contributed by atoms with Crippen molar-refractivity contribution >= 4 is 43.6 Å². The SMILES string of the molecule is COc1ccccc1[P+]([S-])([Se-])c1ccccc1. The fourth-order valence-electron chi connectivity index (χ4n) is 1.64. The van der Waals surface area contributed by atoms with Crippen LogP contribution in [0.2, 0.25) is 0 Å². The Morgan fingerprint density at radius 1 is 1.00 bits per heavy atom. The van der Waals surface area contributed by atoms with Crippen molar-refractivity contribution in [3.63, 3.8) is 0 Å². The first-order valence-electron chi connectivity index (χ1n) is 5.16. The average molecular weight is 326 g/mol. The third-order valence-electron chi connectivity index (χ3n) is 2.50. The van der Waals surface area contributed by atoms with E-state index >= 15 is 0 Å². The number of methoxy groups -OCH3 is 1. The van der Waals surface area contributed by atoms with Crippen molar-refractivity contribution in [1.82, 2.24) is 0 Å². The summed E-state index contributed by atoms with van der Waals surface area (Å²) in [5.41, 5.74) is 0. The Balaban J connectivity index is 2.51. The third-order valence-corrected chi connectivity index (χ3v) is 8.27. The first-order valence-corrected chi connectivity index (χ1v) is 10.2. The van der Waals surface area contributed by atoms with Gasteiger partial charge in [0.1, 0.15) is 0 Å². The zero-order valence-electron chi connectivity index (χ0n) is 9.37. The molecule has 0 radical (unpaired) electrons. The zero-order valence-corrected chi connectivity index (χ0v) is 12.8. The summed E-state index contributed by atoms with van der Waals surface area (Å²) in [7, 11) is 1.68. The first-order chi connectivity index (χ1) is 8.16. The number of rotatable bonds is 3. The Morgan fingerprint density at radius 3 is 2.24 bits per heavy atom. The van der Waals surface area contributed by atoms with Gasteiger partial charge in [-0.3, -0.25) is 0 Å². The van der Waals surface area contributed by atoms with Crippen molar-refractivity contribution in [2.45, 2.75) is 0 Å². The molecule has 1 nitrogen and oxygen atoms in total. The van der Waals surface area contributed by atoms with Crippen LogP contribution in [0.1, 0.15) is 0 Å². The maximum absolute atomic E-state index is 5.81. The van der Waals surface area contributed by atoms with Crippen molar-refractivity contribution in [2.75, 3.05) is 7.11 Å². The van der Waals surface area contributed by atoms with E-state index in [9.17, 15) is 0 Å². The molecule has 2 aromatic carbocycles. The molecule has 17 heavy (non-hydrogen) atoms. The van der Waals surface area contributed by atoms with Gasteiger partial charge < -0.3 is 0 Å². The Morgan fingerprint density at radius 2 is 1.59 bits per heavy atom. The Bertz CT molecular complexity index is 502. The molecule has 0 amide bonds. The van der Waals surface area contributed by atoms with Gasteiger partial charge in [0, 0.05) is 0 Å². The number of benzene rings is 2. The standard InChI is InChI=1S/C13H13OPSSe/c1-14-12-9-5-6-10-13(12)15(16,17)11-7-3-2-4-8-11/h2-10H,1H3,(H,16,17)/p-1. The molecule has 0 saturated heterocycles. The molecule has 0 saturated carbocycles. The van der Waals surface area contributed by atoms with Gasteiger partial charge in [0.25, 0.3) is 0 Å². The van der Waals surface area contributed by atoms with Gasteiger partial charge in [-0.1, -0.05) is 0 Å². The molecular formula is C13H12OPSSe-. The van der Waals surface area contributed by atoms with Gasteiger partial charge >= 0.3 is 116 Å². The molecule has 0 aromatic heterocycles.